The van der Waals surface area contributed by atoms with Crippen LogP contribution in [-0.4, -0.2) is 23.0 Å². The quantitative estimate of drug-likeness (QED) is 0.755. The van der Waals surface area contributed by atoms with Gasteiger partial charge in [0.2, 0.25) is 0 Å². The van der Waals surface area contributed by atoms with Crippen LogP contribution in [0.5, 0.6) is 0 Å². The minimum absolute atomic E-state index is 0.431. The topological polar surface area (TPSA) is 52.1 Å². The highest BCUT2D eigenvalue weighted by molar-refractivity contribution is 6.29. The number of carbonyl (C=O) groups is 1. The second-order valence-electron chi connectivity index (χ2n) is 2.73. The fourth-order valence-corrected chi connectivity index (χ4v) is 1.14. The van der Waals surface area contributed by atoms with Gasteiger partial charge in [0.25, 0.3) is 6.47 Å². The molecule has 16 heavy (non-hydrogen) atoms. The highest BCUT2D eigenvalue weighted by Gasteiger charge is 1.93. The molecule has 4 nitrogen and oxygen atoms in total. The van der Waals surface area contributed by atoms with Crippen molar-refractivity contribution in [2.75, 3.05) is 6.61 Å². The van der Waals surface area contributed by atoms with Gasteiger partial charge in [-0.05, 0) is 19.1 Å². The molecule has 0 N–H and O–H groups in total. The second kappa shape index (κ2) is 6.74. The normalized spacial score (nSPS) is 9.12. The lowest BCUT2D eigenvalue weighted by molar-refractivity contribution is -0.128. The summed E-state index contributed by atoms with van der Waals surface area (Å²) in [5.41, 5.74) is 1.71. The minimum Gasteiger partial charge on any atom is -0.468 e. The fraction of sp³-hybridized carbons (Fsp3) is 0.182. The summed E-state index contributed by atoms with van der Waals surface area (Å²) in [5, 5.41) is 0.434. The molecule has 0 amide bonds. The standard InChI is InChI=1S/C8H5ClN2.C3H6O2/c9-8-5-10-6-3-1-2-4-7(6)11-8;1-2-5-3-4/h1-5H;3H,2H2,1H3. The minimum atomic E-state index is 0.431. The Hall–Kier alpha value is -1.68. The summed E-state index contributed by atoms with van der Waals surface area (Å²) < 4.78 is 4.15. The molecule has 5 heteroatoms. The molecule has 1 heterocycles. The van der Waals surface area contributed by atoms with Crippen LogP contribution in [0.25, 0.3) is 11.0 Å². The molecule has 1 aromatic heterocycles. The van der Waals surface area contributed by atoms with Crippen LogP contribution < -0.4 is 0 Å². The van der Waals surface area contributed by atoms with Crippen molar-refractivity contribution in [1.82, 2.24) is 9.97 Å². The van der Waals surface area contributed by atoms with Gasteiger partial charge in [0.1, 0.15) is 5.15 Å². The van der Waals surface area contributed by atoms with E-state index in [0.29, 0.717) is 18.2 Å². The molecule has 0 aliphatic carbocycles. The van der Waals surface area contributed by atoms with E-state index in [4.69, 9.17) is 11.6 Å². The third-order valence-corrected chi connectivity index (χ3v) is 1.84. The summed E-state index contributed by atoms with van der Waals surface area (Å²) in [6.07, 6.45) is 1.55. The van der Waals surface area contributed by atoms with E-state index in [1.807, 2.05) is 24.3 Å². The van der Waals surface area contributed by atoms with Crippen molar-refractivity contribution in [2.24, 2.45) is 0 Å². The van der Waals surface area contributed by atoms with Crippen molar-refractivity contribution in [2.45, 2.75) is 6.92 Å². The third kappa shape index (κ3) is 3.82. The van der Waals surface area contributed by atoms with Crippen molar-refractivity contribution in [3.8, 4) is 0 Å². The molecule has 0 atom stereocenters. The molecule has 0 spiro atoms. The number of para-hydroxylation sites is 2. The number of fused-ring (bicyclic) bond motifs is 1. The van der Waals surface area contributed by atoms with Crippen molar-refractivity contribution in [1.29, 1.82) is 0 Å². The van der Waals surface area contributed by atoms with Gasteiger partial charge in [-0.3, -0.25) is 9.78 Å². The molecule has 0 aliphatic rings. The van der Waals surface area contributed by atoms with Gasteiger partial charge in [0.15, 0.2) is 0 Å². The Morgan fingerprint density at radius 1 is 1.38 bits per heavy atom. The first-order chi connectivity index (χ1) is 7.77. The molecule has 0 saturated heterocycles. The number of rotatable bonds is 2. The number of nitrogens with zero attached hydrogens (tertiary/aromatic N) is 2. The molecule has 84 valence electrons. The van der Waals surface area contributed by atoms with Crippen LogP contribution in [-0.2, 0) is 9.53 Å². The highest BCUT2D eigenvalue weighted by atomic mass is 35.5. The smallest absolute Gasteiger partial charge is 0.293 e. The maximum Gasteiger partial charge on any atom is 0.293 e. The molecule has 0 saturated carbocycles. The maximum absolute atomic E-state index is 9.18. The Labute approximate surface area is 98.2 Å². The molecular weight excluding hydrogens is 228 g/mol. The van der Waals surface area contributed by atoms with E-state index in [-0.39, 0.29) is 0 Å². The lowest BCUT2D eigenvalue weighted by Crippen LogP contribution is -1.81. The fourth-order valence-electron chi connectivity index (χ4n) is 1.00. The van der Waals surface area contributed by atoms with E-state index in [2.05, 4.69) is 14.7 Å². The Morgan fingerprint density at radius 3 is 2.62 bits per heavy atom. The molecule has 0 radical (unpaired) electrons. The zero-order chi connectivity index (χ0) is 11.8. The Balaban J connectivity index is 0.000000221. The Bertz CT molecular complexity index is 462. The maximum atomic E-state index is 9.18. The van der Waals surface area contributed by atoms with Gasteiger partial charge in [-0.2, -0.15) is 0 Å². The van der Waals surface area contributed by atoms with Crippen LogP contribution in [0, 0.1) is 0 Å². The highest BCUT2D eigenvalue weighted by Crippen LogP contribution is 2.10. The van der Waals surface area contributed by atoms with E-state index in [9.17, 15) is 4.79 Å². The van der Waals surface area contributed by atoms with Crippen LogP contribution in [0.1, 0.15) is 6.92 Å². The zero-order valence-electron chi connectivity index (χ0n) is 8.76. The number of ether oxygens (including phenoxy) is 1. The van der Waals surface area contributed by atoms with E-state index < -0.39 is 0 Å². The molecule has 0 bridgehead atoms. The van der Waals surface area contributed by atoms with Gasteiger partial charge in [-0.15, -0.1) is 0 Å². The van der Waals surface area contributed by atoms with Crippen LogP contribution in [0.2, 0.25) is 5.15 Å². The Morgan fingerprint density at radius 2 is 2.06 bits per heavy atom. The van der Waals surface area contributed by atoms with E-state index in [1.165, 1.54) is 0 Å². The zero-order valence-corrected chi connectivity index (χ0v) is 9.52. The summed E-state index contributed by atoms with van der Waals surface area (Å²) in [6, 6.07) is 7.62. The van der Waals surface area contributed by atoms with Crippen LogP contribution in [0.4, 0.5) is 0 Å². The SMILES string of the molecule is CCOC=O.Clc1cnc2ccccc2n1. The average Bonchev–Trinajstić information content (AvgIpc) is 2.31. The predicted octanol–water partition coefficient (Wildman–Crippen LogP) is 2.46. The molecule has 0 unspecified atom stereocenters. The predicted molar refractivity (Wildman–Crippen MR) is 62.2 cm³/mol. The number of carbonyl (C=O) groups excluding carboxylic acids is 1. The monoisotopic (exact) mass is 238 g/mol. The van der Waals surface area contributed by atoms with Gasteiger partial charge < -0.3 is 4.74 Å². The van der Waals surface area contributed by atoms with Crippen LogP contribution in [0.15, 0.2) is 30.5 Å². The molecule has 2 rings (SSSR count). The molecule has 0 fully saturated rings. The Kier molecular flexibility index (Phi) is 5.22. The van der Waals surface area contributed by atoms with E-state index >= 15 is 0 Å². The van der Waals surface area contributed by atoms with Gasteiger partial charge in [0.05, 0.1) is 23.8 Å². The number of aromatic nitrogens is 2. The average molecular weight is 239 g/mol. The van der Waals surface area contributed by atoms with Crippen molar-refractivity contribution < 1.29 is 9.53 Å². The van der Waals surface area contributed by atoms with Gasteiger partial charge in [-0.1, -0.05) is 23.7 Å². The third-order valence-electron chi connectivity index (χ3n) is 1.65. The van der Waals surface area contributed by atoms with Gasteiger partial charge in [0, 0.05) is 0 Å². The largest absolute Gasteiger partial charge is 0.468 e. The molecule has 1 aromatic carbocycles. The first kappa shape index (κ1) is 12.4. The van der Waals surface area contributed by atoms with E-state index in [0.717, 1.165) is 11.0 Å². The molecular formula is C11H11ClN2O2. The van der Waals surface area contributed by atoms with Crippen molar-refractivity contribution in [3.63, 3.8) is 0 Å². The van der Waals surface area contributed by atoms with E-state index in [1.54, 1.807) is 13.1 Å². The van der Waals surface area contributed by atoms with Gasteiger partial charge >= 0.3 is 0 Å². The number of hydrogen-bond donors (Lipinski definition) is 0. The van der Waals surface area contributed by atoms with Crippen LogP contribution in [0.3, 0.4) is 0 Å². The number of halogens is 1. The molecule has 0 aliphatic heterocycles. The lowest BCUT2D eigenvalue weighted by atomic mass is 10.3. The first-order valence-electron chi connectivity index (χ1n) is 4.70. The summed E-state index contributed by atoms with van der Waals surface area (Å²) in [7, 11) is 0. The van der Waals surface area contributed by atoms with Crippen molar-refractivity contribution >= 4 is 29.1 Å². The van der Waals surface area contributed by atoms with Crippen LogP contribution >= 0.6 is 11.6 Å². The number of hydrogen-bond acceptors (Lipinski definition) is 4. The number of benzene rings is 1. The summed E-state index contributed by atoms with van der Waals surface area (Å²) >= 11 is 5.65. The second-order valence-corrected chi connectivity index (χ2v) is 3.12. The van der Waals surface area contributed by atoms with Crippen molar-refractivity contribution in [3.05, 3.63) is 35.6 Å². The summed E-state index contributed by atoms with van der Waals surface area (Å²) in [6.45, 7) is 2.66. The summed E-state index contributed by atoms with van der Waals surface area (Å²) in [4.78, 5) is 17.3. The summed E-state index contributed by atoms with van der Waals surface area (Å²) in [5.74, 6) is 0. The lowest BCUT2D eigenvalue weighted by Gasteiger charge is -1.93. The molecule has 2 aromatic rings. The van der Waals surface area contributed by atoms with Gasteiger partial charge in [-0.25, -0.2) is 4.98 Å². The first-order valence-corrected chi connectivity index (χ1v) is 5.08.